The van der Waals surface area contributed by atoms with Gasteiger partial charge >= 0.3 is 0 Å². The Morgan fingerprint density at radius 3 is 2.63 bits per heavy atom. The van der Waals surface area contributed by atoms with E-state index in [0.717, 1.165) is 16.6 Å². The largest absolute Gasteiger partial charge is 0.493 e. The molecule has 1 N–H and O–H groups in total. The van der Waals surface area contributed by atoms with Crippen LogP contribution in [0.5, 0.6) is 11.5 Å². The second-order valence-electron chi connectivity index (χ2n) is 4.02. The van der Waals surface area contributed by atoms with Crippen LogP contribution in [-0.2, 0) is 6.54 Å². The van der Waals surface area contributed by atoms with Gasteiger partial charge in [0.2, 0.25) is 0 Å². The Labute approximate surface area is 122 Å². The average molecular weight is 330 g/mol. The molecular weight excluding hydrogens is 310 g/mol. The van der Waals surface area contributed by atoms with E-state index in [2.05, 4.69) is 27.4 Å². The van der Waals surface area contributed by atoms with E-state index in [0.29, 0.717) is 24.6 Å². The Hall–Kier alpha value is -1.04. The molecule has 0 heterocycles. The number of nitrogens with zero attached hydrogens (tertiary/aromatic N) is 1. The third-order valence-corrected chi connectivity index (χ3v) is 3.63. The summed E-state index contributed by atoms with van der Waals surface area (Å²) in [5.74, 6) is 1.37. The molecule has 4 nitrogen and oxygen atoms in total. The Morgan fingerprint density at radius 1 is 1.37 bits per heavy atom. The molecule has 0 aromatic heterocycles. The van der Waals surface area contributed by atoms with E-state index in [4.69, 9.17) is 14.6 Å². The molecule has 0 saturated carbocycles. The van der Waals surface area contributed by atoms with Crippen molar-refractivity contribution < 1.29 is 14.6 Å². The lowest BCUT2D eigenvalue weighted by molar-refractivity contribution is 0.203. The van der Waals surface area contributed by atoms with Gasteiger partial charge in [-0.3, -0.25) is 4.90 Å². The fourth-order valence-corrected chi connectivity index (χ4v) is 2.47. The number of ether oxygens (including phenoxy) is 2. The molecule has 106 valence electrons. The van der Waals surface area contributed by atoms with Crippen molar-refractivity contribution in [1.82, 2.24) is 4.90 Å². The van der Waals surface area contributed by atoms with Gasteiger partial charge in [-0.25, -0.2) is 0 Å². The molecule has 0 radical (unpaired) electrons. The first-order valence-electron chi connectivity index (χ1n) is 6.01. The van der Waals surface area contributed by atoms with Gasteiger partial charge in [-0.15, -0.1) is 6.58 Å². The molecule has 0 atom stereocenters. The smallest absolute Gasteiger partial charge is 0.175 e. The summed E-state index contributed by atoms with van der Waals surface area (Å²) in [5.41, 5.74) is 1.08. The number of halogens is 1. The van der Waals surface area contributed by atoms with Crippen molar-refractivity contribution in [2.75, 3.05) is 33.9 Å². The van der Waals surface area contributed by atoms with Gasteiger partial charge in [-0.1, -0.05) is 12.1 Å². The Balaban J connectivity index is 2.96. The van der Waals surface area contributed by atoms with Crippen LogP contribution in [-0.4, -0.2) is 43.9 Å². The van der Waals surface area contributed by atoms with E-state index >= 15 is 0 Å². The van der Waals surface area contributed by atoms with E-state index in [-0.39, 0.29) is 6.61 Å². The first-order valence-corrected chi connectivity index (χ1v) is 6.80. The molecule has 0 amide bonds. The highest BCUT2D eigenvalue weighted by Gasteiger charge is 2.14. The third-order valence-electron chi connectivity index (χ3n) is 2.76. The van der Waals surface area contributed by atoms with Crippen LogP contribution < -0.4 is 9.47 Å². The highest BCUT2D eigenvalue weighted by molar-refractivity contribution is 9.10. The molecule has 0 bridgehead atoms. The predicted octanol–water partition coefficient (Wildman–Crippen LogP) is 2.45. The standard InChI is InChI=1S/C14H20BrNO3/c1-4-7-16(8-9-17)10-11-5-6-12(18-2)14(19-3)13(11)15/h4-6,17H,1,7-10H2,2-3H3. The molecule has 19 heavy (non-hydrogen) atoms. The van der Waals surface area contributed by atoms with E-state index in [1.54, 1.807) is 14.2 Å². The molecule has 0 unspecified atom stereocenters. The molecule has 0 aliphatic carbocycles. The third kappa shape index (κ3) is 4.23. The zero-order valence-electron chi connectivity index (χ0n) is 11.4. The normalized spacial score (nSPS) is 10.6. The molecule has 0 fully saturated rings. The van der Waals surface area contributed by atoms with Crippen LogP contribution in [0.15, 0.2) is 29.3 Å². The second-order valence-corrected chi connectivity index (χ2v) is 4.81. The van der Waals surface area contributed by atoms with Crippen LogP contribution in [0.2, 0.25) is 0 Å². The summed E-state index contributed by atoms with van der Waals surface area (Å²) in [6, 6.07) is 3.86. The number of rotatable bonds is 8. The first-order chi connectivity index (χ1) is 9.17. The van der Waals surface area contributed by atoms with Crippen molar-refractivity contribution in [1.29, 1.82) is 0 Å². The van der Waals surface area contributed by atoms with Gasteiger partial charge in [0, 0.05) is 19.6 Å². The minimum Gasteiger partial charge on any atom is -0.493 e. The van der Waals surface area contributed by atoms with Crippen LogP contribution >= 0.6 is 15.9 Å². The van der Waals surface area contributed by atoms with E-state index in [1.807, 2.05) is 18.2 Å². The fraction of sp³-hybridized carbons (Fsp3) is 0.429. The van der Waals surface area contributed by atoms with Gasteiger partial charge < -0.3 is 14.6 Å². The summed E-state index contributed by atoms with van der Waals surface area (Å²) in [4.78, 5) is 2.10. The quantitative estimate of drug-likeness (QED) is 0.744. The summed E-state index contributed by atoms with van der Waals surface area (Å²) < 4.78 is 11.5. The van der Waals surface area contributed by atoms with E-state index in [9.17, 15) is 0 Å². The summed E-state index contributed by atoms with van der Waals surface area (Å²) in [6.07, 6.45) is 1.82. The summed E-state index contributed by atoms with van der Waals surface area (Å²) in [6.45, 7) is 5.88. The van der Waals surface area contributed by atoms with Crippen molar-refractivity contribution in [3.05, 3.63) is 34.8 Å². The first kappa shape index (κ1) is 16.0. The van der Waals surface area contributed by atoms with Crippen molar-refractivity contribution >= 4 is 15.9 Å². The van der Waals surface area contributed by atoms with E-state index in [1.165, 1.54) is 0 Å². The van der Waals surface area contributed by atoms with Crippen molar-refractivity contribution in [2.24, 2.45) is 0 Å². The SMILES string of the molecule is C=CCN(CCO)Cc1ccc(OC)c(OC)c1Br. The number of hydrogen-bond donors (Lipinski definition) is 1. The van der Waals surface area contributed by atoms with E-state index < -0.39 is 0 Å². The zero-order chi connectivity index (χ0) is 14.3. The topological polar surface area (TPSA) is 41.9 Å². The van der Waals surface area contributed by atoms with Gasteiger partial charge in [0.05, 0.1) is 25.3 Å². The minimum absolute atomic E-state index is 0.124. The monoisotopic (exact) mass is 329 g/mol. The lowest BCUT2D eigenvalue weighted by Crippen LogP contribution is -2.26. The number of hydrogen-bond acceptors (Lipinski definition) is 4. The Kier molecular flexibility index (Phi) is 6.91. The van der Waals surface area contributed by atoms with Crippen molar-refractivity contribution in [3.8, 4) is 11.5 Å². The van der Waals surface area contributed by atoms with Crippen molar-refractivity contribution in [2.45, 2.75) is 6.54 Å². The Bertz CT molecular complexity index is 423. The predicted molar refractivity (Wildman–Crippen MR) is 79.8 cm³/mol. The maximum atomic E-state index is 9.06. The number of benzene rings is 1. The van der Waals surface area contributed by atoms with Gasteiger partial charge in [0.1, 0.15) is 0 Å². The van der Waals surface area contributed by atoms with Crippen LogP contribution in [0.1, 0.15) is 5.56 Å². The average Bonchev–Trinajstić information content (AvgIpc) is 2.41. The molecule has 1 aromatic rings. The van der Waals surface area contributed by atoms with Crippen LogP contribution in [0.3, 0.4) is 0 Å². The van der Waals surface area contributed by atoms with Crippen LogP contribution in [0.25, 0.3) is 0 Å². The molecule has 1 aromatic carbocycles. The van der Waals surface area contributed by atoms with Gasteiger partial charge in [0.25, 0.3) is 0 Å². The van der Waals surface area contributed by atoms with Crippen molar-refractivity contribution in [3.63, 3.8) is 0 Å². The maximum absolute atomic E-state index is 9.06. The summed E-state index contributed by atoms with van der Waals surface area (Å²) in [7, 11) is 3.22. The molecule has 0 aliphatic heterocycles. The summed E-state index contributed by atoms with van der Waals surface area (Å²) >= 11 is 3.54. The Morgan fingerprint density at radius 2 is 2.11 bits per heavy atom. The molecular formula is C14H20BrNO3. The lowest BCUT2D eigenvalue weighted by atomic mass is 10.2. The van der Waals surface area contributed by atoms with Gasteiger partial charge in [-0.05, 0) is 27.6 Å². The molecule has 5 heteroatoms. The number of methoxy groups -OCH3 is 2. The van der Waals surface area contributed by atoms with Gasteiger partial charge in [-0.2, -0.15) is 0 Å². The number of aliphatic hydroxyl groups is 1. The van der Waals surface area contributed by atoms with Crippen LogP contribution in [0.4, 0.5) is 0 Å². The lowest BCUT2D eigenvalue weighted by Gasteiger charge is -2.21. The molecule has 0 spiro atoms. The number of aliphatic hydroxyl groups excluding tert-OH is 1. The molecule has 0 aliphatic rings. The summed E-state index contributed by atoms with van der Waals surface area (Å²) in [5, 5.41) is 9.06. The second kappa shape index (κ2) is 8.19. The molecule has 1 rings (SSSR count). The zero-order valence-corrected chi connectivity index (χ0v) is 12.9. The minimum atomic E-state index is 0.124. The van der Waals surface area contributed by atoms with Gasteiger partial charge in [0.15, 0.2) is 11.5 Å². The highest BCUT2D eigenvalue weighted by Crippen LogP contribution is 2.37. The fourth-order valence-electron chi connectivity index (χ4n) is 1.85. The highest BCUT2D eigenvalue weighted by atomic mass is 79.9. The van der Waals surface area contributed by atoms with Crippen LogP contribution in [0, 0.1) is 0 Å². The molecule has 0 saturated heterocycles. The maximum Gasteiger partial charge on any atom is 0.175 e.